The Morgan fingerprint density at radius 3 is 2.24 bits per heavy atom. The van der Waals surface area contributed by atoms with E-state index < -0.39 is 16.4 Å². The van der Waals surface area contributed by atoms with Crippen LogP contribution in [0.25, 0.3) is 0 Å². The maximum absolute atomic E-state index is 12.6. The van der Waals surface area contributed by atoms with Crippen LogP contribution in [0.5, 0.6) is 0 Å². The van der Waals surface area contributed by atoms with E-state index in [1.807, 2.05) is 42.5 Å². The Bertz CT molecular complexity index is 982. The van der Waals surface area contributed by atoms with E-state index in [1.54, 1.807) is 0 Å². The molecule has 0 unspecified atom stereocenters. The summed E-state index contributed by atoms with van der Waals surface area (Å²) in [6, 6.07) is 15.9. The Balaban J connectivity index is 1.41. The fraction of sp³-hybridized carbons (Fsp3) is 0.500. The lowest BCUT2D eigenvalue weighted by Crippen LogP contribution is -2.39. The fourth-order valence-electron chi connectivity index (χ4n) is 4.06. The van der Waals surface area contributed by atoms with E-state index in [4.69, 9.17) is 9.84 Å². The first-order chi connectivity index (χ1) is 15.9. The number of ketones is 1. The molecule has 0 aromatic heterocycles. The molecule has 0 radical (unpaired) electrons. The topological polar surface area (TPSA) is 83.9 Å². The summed E-state index contributed by atoms with van der Waals surface area (Å²) in [5.41, 5.74) is 4.20. The average Bonchev–Trinajstić information content (AvgIpc) is 2.82. The van der Waals surface area contributed by atoms with Crippen molar-refractivity contribution in [3.63, 3.8) is 0 Å². The van der Waals surface area contributed by atoms with Crippen LogP contribution < -0.4 is 0 Å². The fourth-order valence-corrected chi connectivity index (χ4v) is 5.43. The second kappa shape index (κ2) is 13.0. The zero-order valence-electron chi connectivity index (χ0n) is 19.2. The number of aryl methyl sites for hydroxylation is 2. The molecular weight excluding hydrogens is 438 g/mol. The summed E-state index contributed by atoms with van der Waals surface area (Å²) >= 11 is 0. The second-order valence-electron chi connectivity index (χ2n) is 8.76. The number of aliphatic hydroxyl groups is 1. The number of aliphatic hydroxyl groups excluding tert-OH is 1. The van der Waals surface area contributed by atoms with Crippen molar-refractivity contribution >= 4 is 15.6 Å². The number of hydrogen-bond acceptors (Lipinski definition) is 6. The number of morpholine rings is 1. The molecule has 1 N–H and O–H groups in total. The van der Waals surface area contributed by atoms with Crippen molar-refractivity contribution in [2.45, 2.75) is 37.9 Å². The molecule has 0 spiro atoms. The maximum Gasteiger partial charge on any atom is 0.162 e. The first kappa shape index (κ1) is 25.6. The summed E-state index contributed by atoms with van der Waals surface area (Å²) in [6.07, 6.45) is 4.22. The lowest BCUT2D eigenvalue weighted by Gasteiger charge is -2.26. The summed E-state index contributed by atoms with van der Waals surface area (Å²) in [7, 11) is -3.14. The molecule has 1 fully saturated rings. The molecular formula is C26H35NO5S. The number of sulfone groups is 1. The Morgan fingerprint density at radius 2 is 1.55 bits per heavy atom. The van der Waals surface area contributed by atoms with Crippen LogP contribution in [0.4, 0.5) is 0 Å². The van der Waals surface area contributed by atoms with E-state index in [9.17, 15) is 13.2 Å². The van der Waals surface area contributed by atoms with Crippen molar-refractivity contribution in [1.29, 1.82) is 0 Å². The minimum atomic E-state index is -3.14. The third-order valence-electron chi connectivity index (χ3n) is 5.98. The number of Topliss-reactive ketones (excluding diaryl/α,β-unsaturated/α-hetero) is 1. The molecule has 1 heterocycles. The highest BCUT2D eigenvalue weighted by Gasteiger charge is 2.17. The first-order valence-electron chi connectivity index (χ1n) is 11.7. The van der Waals surface area contributed by atoms with Gasteiger partial charge in [-0.15, -0.1) is 0 Å². The highest BCUT2D eigenvalue weighted by atomic mass is 32.2. The molecule has 1 saturated heterocycles. The van der Waals surface area contributed by atoms with Gasteiger partial charge in [0.2, 0.25) is 0 Å². The zero-order chi connectivity index (χ0) is 23.5. The minimum Gasteiger partial charge on any atom is -0.389 e. The highest BCUT2D eigenvalue weighted by Crippen LogP contribution is 2.15. The van der Waals surface area contributed by atoms with E-state index in [0.29, 0.717) is 19.8 Å². The number of hydrogen-bond donors (Lipinski definition) is 1. The summed E-state index contributed by atoms with van der Waals surface area (Å²) < 4.78 is 30.5. The van der Waals surface area contributed by atoms with Gasteiger partial charge in [-0.1, -0.05) is 48.5 Å². The van der Waals surface area contributed by atoms with Gasteiger partial charge < -0.3 is 9.84 Å². The largest absolute Gasteiger partial charge is 0.389 e. The van der Waals surface area contributed by atoms with Crippen molar-refractivity contribution in [1.82, 2.24) is 4.90 Å². The van der Waals surface area contributed by atoms with Crippen molar-refractivity contribution in [2.24, 2.45) is 0 Å². The number of unbranched alkanes of at least 4 members (excludes halogenated alkanes) is 1. The molecule has 0 atom stereocenters. The molecule has 2 aromatic rings. The Kier molecular flexibility index (Phi) is 10.1. The van der Waals surface area contributed by atoms with Crippen molar-refractivity contribution < 1.29 is 23.1 Å². The summed E-state index contributed by atoms with van der Waals surface area (Å²) in [4.78, 5) is 13.5. The van der Waals surface area contributed by atoms with Crippen LogP contribution in [0.1, 0.15) is 35.1 Å². The molecule has 33 heavy (non-hydrogen) atoms. The van der Waals surface area contributed by atoms with Gasteiger partial charge in [0.1, 0.15) is 6.61 Å². The molecule has 2 aromatic carbocycles. The van der Waals surface area contributed by atoms with Gasteiger partial charge in [0.15, 0.2) is 15.6 Å². The quantitative estimate of drug-likeness (QED) is 0.450. The van der Waals surface area contributed by atoms with Gasteiger partial charge in [-0.3, -0.25) is 9.69 Å². The van der Waals surface area contributed by atoms with Crippen LogP contribution in [0.15, 0.2) is 48.5 Å². The van der Waals surface area contributed by atoms with Crippen LogP contribution in [0.3, 0.4) is 0 Å². The smallest absolute Gasteiger partial charge is 0.162 e. The Labute approximate surface area is 197 Å². The second-order valence-corrected chi connectivity index (χ2v) is 10.9. The van der Waals surface area contributed by atoms with Crippen molar-refractivity contribution in [3.05, 3.63) is 70.8 Å². The lowest BCUT2D eigenvalue weighted by molar-refractivity contribution is -0.121. The molecule has 0 bridgehead atoms. The standard InChI is InChI=1S/C26H35NO5S/c28-20-26(29)19-24-10-8-22(9-11-24)4-1-2-5-23-6-3-7-25(18-23)21-33(30,31)17-14-27-12-15-32-16-13-27/h3,6-11,18,28H,1-2,4-5,12-17,19-21H2. The van der Waals surface area contributed by atoms with Crippen molar-refractivity contribution in [3.8, 4) is 0 Å². The molecule has 7 heteroatoms. The number of nitrogens with zero attached hydrogens (tertiary/aromatic N) is 1. The van der Waals surface area contributed by atoms with Gasteiger partial charge in [-0.2, -0.15) is 0 Å². The van der Waals surface area contributed by atoms with Gasteiger partial charge in [-0.25, -0.2) is 8.42 Å². The SMILES string of the molecule is O=C(CO)Cc1ccc(CCCCc2cccc(CS(=O)(=O)CCN3CCOCC3)c2)cc1. The predicted molar refractivity (Wildman–Crippen MR) is 130 cm³/mol. The Morgan fingerprint density at radius 1 is 0.909 bits per heavy atom. The van der Waals surface area contributed by atoms with Crippen LogP contribution in [0.2, 0.25) is 0 Å². The van der Waals surface area contributed by atoms with E-state index in [2.05, 4.69) is 11.0 Å². The summed E-state index contributed by atoms with van der Waals surface area (Å²) in [5, 5.41) is 8.85. The Hall–Kier alpha value is -2.06. The maximum atomic E-state index is 12.6. The molecule has 1 aliphatic rings. The molecule has 3 rings (SSSR count). The lowest BCUT2D eigenvalue weighted by atomic mass is 10.0. The van der Waals surface area contributed by atoms with Gasteiger partial charge in [0.05, 0.1) is 24.7 Å². The molecule has 0 saturated carbocycles. The molecule has 1 aliphatic heterocycles. The monoisotopic (exact) mass is 473 g/mol. The van der Waals surface area contributed by atoms with Gasteiger partial charge >= 0.3 is 0 Å². The van der Waals surface area contributed by atoms with Crippen LogP contribution in [-0.4, -0.2) is 69.4 Å². The number of ether oxygens (including phenoxy) is 1. The van der Waals surface area contributed by atoms with Gasteiger partial charge in [0, 0.05) is 26.1 Å². The van der Waals surface area contributed by atoms with Crippen molar-refractivity contribution in [2.75, 3.05) is 45.2 Å². The van der Waals surface area contributed by atoms with Gasteiger partial charge in [0.25, 0.3) is 0 Å². The van der Waals surface area contributed by atoms with E-state index in [-0.39, 0.29) is 23.7 Å². The van der Waals surface area contributed by atoms with Crippen LogP contribution >= 0.6 is 0 Å². The average molecular weight is 474 g/mol. The zero-order valence-corrected chi connectivity index (χ0v) is 20.1. The molecule has 0 amide bonds. The number of carbonyl (C=O) groups is 1. The predicted octanol–water partition coefficient (Wildman–Crippen LogP) is 2.60. The molecule has 180 valence electrons. The number of benzene rings is 2. The first-order valence-corrected chi connectivity index (χ1v) is 13.5. The van der Waals surface area contributed by atoms with E-state index >= 15 is 0 Å². The van der Waals surface area contributed by atoms with Crippen LogP contribution in [-0.2, 0) is 44.4 Å². The number of rotatable bonds is 13. The molecule has 6 nitrogen and oxygen atoms in total. The third-order valence-corrected chi connectivity index (χ3v) is 7.56. The summed E-state index contributed by atoms with van der Waals surface area (Å²) in [5.74, 6) is 0.107. The summed E-state index contributed by atoms with van der Waals surface area (Å²) in [6.45, 7) is 3.13. The molecule has 0 aliphatic carbocycles. The van der Waals surface area contributed by atoms with Gasteiger partial charge in [-0.05, 0) is 47.9 Å². The van der Waals surface area contributed by atoms with E-state index in [0.717, 1.165) is 49.9 Å². The third kappa shape index (κ3) is 9.37. The normalized spacial score (nSPS) is 14.9. The number of carbonyl (C=O) groups excluding carboxylic acids is 1. The highest BCUT2D eigenvalue weighted by molar-refractivity contribution is 7.90. The van der Waals surface area contributed by atoms with E-state index in [1.165, 1.54) is 11.1 Å². The van der Waals surface area contributed by atoms with Crippen LogP contribution in [0, 0.1) is 0 Å². The minimum absolute atomic E-state index is 0.0936.